The third-order valence-corrected chi connectivity index (χ3v) is 3.13. The van der Waals surface area contributed by atoms with Gasteiger partial charge in [0.15, 0.2) is 0 Å². The number of hydrogen-bond donors (Lipinski definition) is 2. The number of carbonyl (C=O) groups excluding carboxylic acids is 1. The molecule has 0 aliphatic heterocycles. The van der Waals surface area contributed by atoms with Crippen LogP contribution < -0.4 is 5.32 Å². The van der Waals surface area contributed by atoms with Crippen LogP contribution in [0.1, 0.15) is 40.5 Å². The van der Waals surface area contributed by atoms with Gasteiger partial charge in [0.2, 0.25) is 0 Å². The van der Waals surface area contributed by atoms with Crippen molar-refractivity contribution in [2.24, 2.45) is 0 Å². The topological polar surface area (TPSA) is 69.6 Å². The van der Waals surface area contributed by atoms with E-state index in [-0.39, 0.29) is 12.1 Å². The Kier molecular flexibility index (Phi) is 5.27. The minimum absolute atomic E-state index is 0.0925. The largest absolute Gasteiger partial charge is 0.480 e. The summed E-state index contributed by atoms with van der Waals surface area (Å²) in [5.41, 5.74) is -1.20. The molecule has 0 aromatic carbocycles. The molecular formula is C11H22N2O3. The summed E-state index contributed by atoms with van der Waals surface area (Å²) in [6, 6.07) is -0.254. The molecule has 16 heavy (non-hydrogen) atoms. The number of carboxylic acid groups (broad SMARTS) is 1. The molecule has 0 aliphatic rings. The number of nitrogens with zero attached hydrogens (tertiary/aromatic N) is 1. The van der Waals surface area contributed by atoms with Gasteiger partial charge >= 0.3 is 12.0 Å². The quantitative estimate of drug-likeness (QED) is 0.755. The summed E-state index contributed by atoms with van der Waals surface area (Å²) in [7, 11) is 1.67. The zero-order valence-electron chi connectivity index (χ0n) is 10.7. The van der Waals surface area contributed by atoms with Crippen LogP contribution in [0.2, 0.25) is 0 Å². The van der Waals surface area contributed by atoms with Crippen LogP contribution in [0.25, 0.3) is 0 Å². The summed E-state index contributed by atoms with van der Waals surface area (Å²) in [6.07, 6.45) is 1.18. The average molecular weight is 230 g/mol. The maximum absolute atomic E-state index is 11.8. The van der Waals surface area contributed by atoms with Gasteiger partial charge in [0.25, 0.3) is 0 Å². The molecule has 5 nitrogen and oxygen atoms in total. The molecule has 2 amide bonds. The van der Waals surface area contributed by atoms with Gasteiger partial charge in [-0.25, -0.2) is 9.59 Å². The zero-order valence-corrected chi connectivity index (χ0v) is 10.7. The van der Waals surface area contributed by atoms with E-state index in [1.807, 2.05) is 13.8 Å². The number of urea groups is 1. The minimum Gasteiger partial charge on any atom is -0.480 e. The third-order valence-electron chi connectivity index (χ3n) is 3.13. The summed E-state index contributed by atoms with van der Waals surface area (Å²) in [4.78, 5) is 24.3. The molecule has 2 atom stereocenters. The highest BCUT2D eigenvalue weighted by molar-refractivity contribution is 5.85. The Morgan fingerprint density at radius 1 is 1.44 bits per heavy atom. The van der Waals surface area contributed by atoms with Crippen LogP contribution in [0.15, 0.2) is 0 Å². The smallest absolute Gasteiger partial charge is 0.329 e. The van der Waals surface area contributed by atoms with E-state index in [4.69, 9.17) is 5.11 Å². The van der Waals surface area contributed by atoms with Crippen molar-refractivity contribution in [1.82, 2.24) is 10.2 Å². The summed E-state index contributed by atoms with van der Waals surface area (Å²) < 4.78 is 0. The summed E-state index contributed by atoms with van der Waals surface area (Å²) in [6.45, 7) is 7.14. The molecule has 2 N–H and O–H groups in total. The predicted molar refractivity (Wildman–Crippen MR) is 62.4 cm³/mol. The van der Waals surface area contributed by atoms with Crippen LogP contribution in [-0.4, -0.2) is 40.6 Å². The minimum atomic E-state index is -1.20. The second kappa shape index (κ2) is 5.72. The molecule has 0 aromatic heterocycles. The van der Waals surface area contributed by atoms with Gasteiger partial charge in [0, 0.05) is 13.1 Å². The summed E-state index contributed by atoms with van der Waals surface area (Å²) in [5, 5.41) is 11.6. The Balaban J connectivity index is 4.60. The fourth-order valence-electron chi connectivity index (χ4n) is 1.09. The van der Waals surface area contributed by atoms with E-state index in [0.29, 0.717) is 6.42 Å². The Labute approximate surface area is 96.8 Å². The Morgan fingerprint density at radius 2 is 1.94 bits per heavy atom. The van der Waals surface area contributed by atoms with Gasteiger partial charge in [0.05, 0.1) is 0 Å². The van der Waals surface area contributed by atoms with Gasteiger partial charge in [-0.05, 0) is 26.7 Å². The van der Waals surface area contributed by atoms with Gasteiger partial charge in [-0.1, -0.05) is 13.8 Å². The van der Waals surface area contributed by atoms with Crippen molar-refractivity contribution in [3.05, 3.63) is 0 Å². The highest BCUT2D eigenvalue weighted by Crippen LogP contribution is 2.11. The molecule has 0 heterocycles. The molecule has 0 bridgehead atoms. The van der Waals surface area contributed by atoms with Gasteiger partial charge in [0.1, 0.15) is 5.54 Å². The third kappa shape index (κ3) is 3.40. The molecule has 94 valence electrons. The first-order valence-corrected chi connectivity index (χ1v) is 5.56. The molecule has 0 saturated carbocycles. The van der Waals surface area contributed by atoms with Crippen molar-refractivity contribution in [2.75, 3.05) is 7.05 Å². The van der Waals surface area contributed by atoms with E-state index in [1.165, 1.54) is 11.8 Å². The molecule has 0 rings (SSSR count). The molecule has 0 fully saturated rings. The Bertz CT molecular complexity index is 268. The Hall–Kier alpha value is -1.26. The van der Waals surface area contributed by atoms with Crippen molar-refractivity contribution in [3.63, 3.8) is 0 Å². The average Bonchev–Trinajstić information content (AvgIpc) is 2.26. The SMILES string of the molecule is CCC(C)N(C)C(=O)NC(C)(CC)C(=O)O. The van der Waals surface area contributed by atoms with E-state index in [9.17, 15) is 9.59 Å². The molecule has 0 aromatic rings. The van der Waals surface area contributed by atoms with Crippen LogP contribution in [0, 0.1) is 0 Å². The lowest BCUT2D eigenvalue weighted by molar-refractivity contribution is -0.143. The second-order valence-electron chi connectivity index (χ2n) is 4.29. The first kappa shape index (κ1) is 14.7. The van der Waals surface area contributed by atoms with Crippen LogP contribution in [0.4, 0.5) is 4.79 Å². The maximum Gasteiger partial charge on any atom is 0.329 e. The normalized spacial score (nSPS) is 16.1. The number of amides is 2. The van der Waals surface area contributed by atoms with Crippen molar-refractivity contribution in [2.45, 2.75) is 52.1 Å². The Morgan fingerprint density at radius 3 is 2.25 bits per heavy atom. The van der Waals surface area contributed by atoms with E-state index >= 15 is 0 Å². The fraction of sp³-hybridized carbons (Fsp3) is 0.818. The molecule has 0 spiro atoms. The van der Waals surface area contributed by atoms with Crippen LogP contribution in [-0.2, 0) is 4.79 Å². The first-order valence-electron chi connectivity index (χ1n) is 5.56. The molecule has 0 saturated heterocycles. The number of aliphatic carboxylic acids is 1. The van der Waals surface area contributed by atoms with E-state index in [2.05, 4.69) is 5.32 Å². The summed E-state index contributed by atoms with van der Waals surface area (Å²) in [5.74, 6) is -1.01. The number of carbonyl (C=O) groups is 2. The monoisotopic (exact) mass is 230 g/mol. The van der Waals surface area contributed by atoms with Gasteiger partial charge in [-0.2, -0.15) is 0 Å². The zero-order chi connectivity index (χ0) is 12.9. The number of nitrogens with one attached hydrogen (secondary N) is 1. The van der Waals surface area contributed by atoms with Gasteiger partial charge < -0.3 is 15.3 Å². The van der Waals surface area contributed by atoms with Crippen LogP contribution >= 0.6 is 0 Å². The lowest BCUT2D eigenvalue weighted by Crippen LogP contribution is -2.56. The van der Waals surface area contributed by atoms with Crippen LogP contribution in [0.5, 0.6) is 0 Å². The van der Waals surface area contributed by atoms with Gasteiger partial charge in [-0.15, -0.1) is 0 Å². The van der Waals surface area contributed by atoms with Gasteiger partial charge in [-0.3, -0.25) is 0 Å². The van der Waals surface area contributed by atoms with E-state index in [1.54, 1.807) is 14.0 Å². The van der Waals surface area contributed by atoms with Crippen LogP contribution in [0.3, 0.4) is 0 Å². The predicted octanol–water partition coefficient (Wildman–Crippen LogP) is 1.68. The van der Waals surface area contributed by atoms with E-state index < -0.39 is 11.5 Å². The maximum atomic E-state index is 11.8. The number of carboxylic acids is 1. The molecular weight excluding hydrogens is 208 g/mol. The molecule has 0 radical (unpaired) electrons. The van der Waals surface area contributed by atoms with Crippen molar-refractivity contribution < 1.29 is 14.7 Å². The molecule has 5 heteroatoms. The van der Waals surface area contributed by atoms with Crippen molar-refractivity contribution in [1.29, 1.82) is 0 Å². The lowest BCUT2D eigenvalue weighted by atomic mass is 9.99. The highest BCUT2D eigenvalue weighted by Gasteiger charge is 2.34. The number of rotatable bonds is 5. The van der Waals surface area contributed by atoms with E-state index in [0.717, 1.165) is 6.42 Å². The molecule has 2 unspecified atom stereocenters. The standard InChI is InChI=1S/C11H22N2O3/c1-6-8(3)13(5)10(16)12-11(4,7-2)9(14)15/h8H,6-7H2,1-5H3,(H,12,16)(H,14,15). The van der Waals surface area contributed by atoms with Crippen molar-refractivity contribution >= 4 is 12.0 Å². The molecule has 0 aliphatic carbocycles. The first-order chi connectivity index (χ1) is 7.28. The summed E-state index contributed by atoms with van der Waals surface area (Å²) >= 11 is 0. The number of hydrogen-bond acceptors (Lipinski definition) is 2. The van der Waals surface area contributed by atoms with Crippen molar-refractivity contribution in [3.8, 4) is 0 Å². The fourth-order valence-corrected chi connectivity index (χ4v) is 1.09. The highest BCUT2D eigenvalue weighted by atomic mass is 16.4. The second-order valence-corrected chi connectivity index (χ2v) is 4.29. The lowest BCUT2D eigenvalue weighted by Gasteiger charge is -2.30.